The van der Waals surface area contributed by atoms with Crippen molar-refractivity contribution in [3.8, 4) is 0 Å². The Morgan fingerprint density at radius 1 is 0.878 bits per heavy atom. The Labute approximate surface area is 238 Å². The van der Waals surface area contributed by atoms with Gasteiger partial charge in [0.1, 0.15) is 6.04 Å². The first-order valence-electron chi connectivity index (χ1n) is 14.7. The molecule has 8 rings (SSSR count). The fraction of sp³-hybridized carbons (Fsp3) is 0.469. The molecule has 1 unspecified atom stereocenters. The number of hydrogen-bond acceptors (Lipinski definition) is 6. The van der Waals surface area contributed by atoms with Gasteiger partial charge in [-0.25, -0.2) is 0 Å². The van der Waals surface area contributed by atoms with Gasteiger partial charge in [-0.2, -0.15) is 0 Å². The Hall–Kier alpha value is -4.01. The van der Waals surface area contributed by atoms with Crippen LogP contribution in [0.25, 0.3) is 0 Å². The molecule has 1 atom stereocenters. The lowest BCUT2D eigenvalue weighted by atomic mass is 9.53. The van der Waals surface area contributed by atoms with Crippen LogP contribution in [0.5, 0.6) is 0 Å². The predicted octanol–water partition coefficient (Wildman–Crippen LogP) is 3.33. The molecular weight excluding hydrogens is 520 g/mol. The van der Waals surface area contributed by atoms with Crippen molar-refractivity contribution in [3.63, 3.8) is 0 Å². The van der Waals surface area contributed by atoms with Crippen molar-refractivity contribution in [3.05, 3.63) is 64.7 Å². The Morgan fingerprint density at radius 2 is 1.54 bits per heavy atom. The van der Waals surface area contributed by atoms with E-state index in [1.54, 1.807) is 18.2 Å². The predicted molar refractivity (Wildman–Crippen MR) is 150 cm³/mol. The van der Waals surface area contributed by atoms with E-state index in [0.717, 1.165) is 53.0 Å². The minimum atomic E-state index is -0.999. The van der Waals surface area contributed by atoms with Gasteiger partial charge in [0.05, 0.1) is 17.5 Å². The molecule has 4 aliphatic carbocycles. The average Bonchev–Trinajstić information content (AvgIpc) is 3.17. The van der Waals surface area contributed by atoms with Crippen molar-refractivity contribution in [2.24, 2.45) is 17.8 Å². The van der Waals surface area contributed by atoms with Crippen LogP contribution in [0.1, 0.15) is 83.2 Å². The van der Waals surface area contributed by atoms with Crippen LogP contribution in [0.4, 0.5) is 5.69 Å². The lowest BCUT2D eigenvalue weighted by Crippen LogP contribution is -2.60. The van der Waals surface area contributed by atoms with Gasteiger partial charge in [0.15, 0.2) is 0 Å². The first kappa shape index (κ1) is 25.9. The first-order chi connectivity index (χ1) is 19.8. The third kappa shape index (κ3) is 4.71. The third-order valence-corrected chi connectivity index (χ3v) is 9.78. The van der Waals surface area contributed by atoms with Crippen molar-refractivity contribution in [1.29, 1.82) is 0 Å². The largest absolute Gasteiger partial charge is 0.380 e. The van der Waals surface area contributed by atoms with Gasteiger partial charge in [-0.05, 0) is 86.0 Å². The summed E-state index contributed by atoms with van der Waals surface area (Å²) in [7, 11) is 0. The molecule has 2 heterocycles. The van der Waals surface area contributed by atoms with Crippen LogP contribution in [0.3, 0.4) is 0 Å². The number of nitrogens with zero attached hydrogens (tertiary/aromatic N) is 1. The number of carbonyl (C=O) groups excluding carboxylic acids is 5. The maximum Gasteiger partial charge on any atom is 0.264 e. The fourth-order valence-corrected chi connectivity index (χ4v) is 8.42. The van der Waals surface area contributed by atoms with Gasteiger partial charge in [-0.3, -0.25) is 34.2 Å². The third-order valence-electron chi connectivity index (χ3n) is 9.78. The molecule has 9 heteroatoms. The number of hydrogen-bond donors (Lipinski definition) is 3. The first-order valence-corrected chi connectivity index (χ1v) is 14.7. The second-order valence-electron chi connectivity index (χ2n) is 12.8. The number of piperidine rings is 1. The molecule has 2 aromatic carbocycles. The van der Waals surface area contributed by atoms with Crippen LogP contribution < -0.4 is 16.0 Å². The second-order valence-corrected chi connectivity index (χ2v) is 12.8. The molecule has 0 radical (unpaired) electrons. The molecule has 1 saturated heterocycles. The van der Waals surface area contributed by atoms with Crippen LogP contribution in [0, 0.1) is 17.8 Å². The van der Waals surface area contributed by atoms with Crippen LogP contribution in [-0.4, -0.2) is 46.0 Å². The van der Waals surface area contributed by atoms with Gasteiger partial charge >= 0.3 is 0 Å². The van der Waals surface area contributed by atoms with Crippen LogP contribution in [0.15, 0.2) is 42.5 Å². The Balaban J connectivity index is 0.981. The van der Waals surface area contributed by atoms with E-state index in [1.165, 1.54) is 19.3 Å². The van der Waals surface area contributed by atoms with E-state index in [1.807, 2.05) is 24.3 Å². The smallest absolute Gasteiger partial charge is 0.264 e. The van der Waals surface area contributed by atoms with Gasteiger partial charge in [-0.1, -0.05) is 30.3 Å². The second kappa shape index (κ2) is 9.82. The number of carbonyl (C=O) groups is 5. The van der Waals surface area contributed by atoms with Crippen LogP contribution in [-0.2, 0) is 27.3 Å². The zero-order chi connectivity index (χ0) is 28.3. The van der Waals surface area contributed by atoms with E-state index in [4.69, 9.17) is 0 Å². The monoisotopic (exact) mass is 554 g/mol. The topological polar surface area (TPSA) is 125 Å². The molecule has 4 bridgehead atoms. The molecule has 5 fully saturated rings. The SMILES string of the molecule is O=C1CCC(N2C(=O)c3cccc(NCc4ccc(CC(=O)NC56CC7CC(CC(C7)C5)C6)cc4)c3C2=O)C(=O)N1. The quantitative estimate of drug-likeness (QED) is 0.451. The summed E-state index contributed by atoms with van der Waals surface area (Å²) in [5, 5.41) is 8.93. The van der Waals surface area contributed by atoms with Gasteiger partial charge in [0.2, 0.25) is 17.7 Å². The van der Waals surface area contributed by atoms with Crippen molar-refractivity contribution in [2.75, 3.05) is 5.32 Å². The van der Waals surface area contributed by atoms with Gasteiger partial charge < -0.3 is 10.6 Å². The minimum absolute atomic E-state index is 0.0121. The van der Waals surface area contributed by atoms with Gasteiger partial charge in [-0.15, -0.1) is 0 Å². The maximum atomic E-state index is 13.3. The molecule has 3 N–H and O–H groups in total. The lowest BCUT2D eigenvalue weighted by molar-refractivity contribution is -0.136. The summed E-state index contributed by atoms with van der Waals surface area (Å²) < 4.78 is 0. The molecule has 2 aromatic rings. The molecule has 212 valence electrons. The molecule has 5 amide bonds. The Morgan fingerprint density at radius 3 is 2.20 bits per heavy atom. The van der Waals surface area contributed by atoms with E-state index in [0.29, 0.717) is 18.7 Å². The molecule has 4 saturated carbocycles. The average molecular weight is 555 g/mol. The Kier molecular flexibility index (Phi) is 6.21. The molecule has 2 aliphatic heterocycles. The summed E-state index contributed by atoms with van der Waals surface area (Å²) >= 11 is 0. The van der Waals surface area contributed by atoms with E-state index < -0.39 is 29.7 Å². The zero-order valence-electron chi connectivity index (χ0n) is 22.9. The standard InChI is InChI=1S/C32H34N4O5/c37-26-9-8-25(29(39)34-26)36-30(40)23-2-1-3-24(28(23)31(36)41)33-17-19-6-4-18(5-7-19)13-27(38)35-32-14-20-10-21(15-32)12-22(11-20)16-32/h1-7,20-22,25,33H,8-17H2,(H,35,38)(H,34,37,39). The number of nitrogens with one attached hydrogen (secondary N) is 3. The van der Waals surface area contributed by atoms with Crippen molar-refractivity contribution >= 4 is 35.2 Å². The van der Waals surface area contributed by atoms with Crippen molar-refractivity contribution in [2.45, 2.75) is 75.9 Å². The molecular formula is C32H34N4O5. The van der Waals surface area contributed by atoms with Crippen LogP contribution in [0.2, 0.25) is 0 Å². The van der Waals surface area contributed by atoms with Gasteiger partial charge in [0, 0.05) is 24.2 Å². The number of imide groups is 2. The lowest BCUT2D eigenvalue weighted by Gasteiger charge is -2.56. The van der Waals surface area contributed by atoms with Crippen LogP contribution >= 0.6 is 0 Å². The highest BCUT2D eigenvalue weighted by Crippen LogP contribution is 2.55. The summed E-state index contributed by atoms with van der Waals surface area (Å²) in [6.45, 7) is 0.413. The fourth-order valence-electron chi connectivity index (χ4n) is 8.42. The minimum Gasteiger partial charge on any atom is -0.380 e. The molecule has 6 aliphatic rings. The highest BCUT2D eigenvalue weighted by atomic mass is 16.2. The number of benzene rings is 2. The molecule has 0 spiro atoms. The summed E-state index contributed by atoms with van der Waals surface area (Å²) in [5.41, 5.74) is 2.92. The molecule has 9 nitrogen and oxygen atoms in total. The highest BCUT2D eigenvalue weighted by molar-refractivity contribution is 6.25. The number of amides is 5. The number of rotatable bonds is 7. The normalized spacial score (nSPS) is 29.9. The Bertz CT molecular complexity index is 1430. The zero-order valence-corrected chi connectivity index (χ0v) is 22.9. The highest BCUT2D eigenvalue weighted by Gasteiger charge is 2.51. The van der Waals surface area contributed by atoms with E-state index in [9.17, 15) is 24.0 Å². The van der Waals surface area contributed by atoms with E-state index in [2.05, 4.69) is 16.0 Å². The van der Waals surface area contributed by atoms with E-state index >= 15 is 0 Å². The summed E-state index contributed by atoms with van der Waals surface area (Å²) in [5.74, 6) is 0.356. The molecule has 41 heavy (non-hydrogen) atoms. The van der Waals surface area contributed by atoms with Crippen molar-refractivity contribution < 1.29 is 24.0 Å². The number of anilines is 1. The maximum absolute atomic E-state index is 13.3. The number of fused-ring (bicyclic) bond motifs is 1. The molecule has 0 aromatic heterocycles. The van der Waals surface area contributed by atoms with Crippen molar-refractivity contribution in [1.82, 2.24) is 15.5 Å². The van der Waals surface area contributed by atoms with E-state index in [-0.39, 0.29) is 35.4 Å². The summed E-state index contributed by atoms with van der Waals surface area (Å²) in [6.07, 6.45) is 8.00. The van der Waals surface area contributed by atoms with Gasteiger partial charge in [0.25, 0.3) is 11.8 Å². The summed E-state index contributed by atoms with van der Waals surface area (Å²) in [6, 6.07) is 11.9. The summed E-state index contributed by atoms with van der Waals surface area (Å²) in [4.78, 5) is 64.3.